The van der Waals surface area contributed by atoms with E-state index in [1.807, 2.05) is 42.5 Å². The van der Waals surface area contributed by atoms with Crippen molar-refractivity contribution in [1.82, 2.24) is 0 Å². The number of rotatable bonds is 7. The fourth-order valence-electron chi connectivity index (χ4n) is 4.02. The Balaban J connectivity index is 1.63. The zero-order chi connectivity index (χ0) is 22.7. The molecule has 1 aliphatic rings. The predicted molar refractivity (Wildman–Crippen MR) is 131 cm³/mol. The molecule has 0 aliphatic carbocycles. The van der Waals surface area contributed by atoms with Crippen LogP contribution in [0.2, 0.25) is 0 Å². The fourth-order valence-corrected chi connectivity index (χ4v) is 5.85. The van der Waals surface area contributed by atoms with Crippen LogP contribution < -0.4 is 9.64 Å². The van der Waals surface area contributed by atoms with Crippen molar-refractivity contribution in [2.24, 2.45) is 0 Å². The van der Waals surface area contributed by atoms with Crippen LogP contribution in [0.1, 0.15) is 36.1 Å². The third kappa shape index (κ3) is 4.75. The summed E-state index contributed by atoms with van der Waals surface area (Å²) in [4.78, 5) is 2.07. The van der Waals surface area contributed by atoms with Crippen molar-refractivity contribution in [3.05, 3.63) is 89.7 Å². The normalized spacial score (nSPS) is 19.2. The van der Waals surface area contributed by atoms with E-state index in [-0.39, 0.29) is 22.9 Å². The summed E-state index contributed by atoms with van der Waals surface area (Å²) in [6, 6.07) is 20.9. The molecule has 0 unspecified atom stereocenters. The molecule has 0 amide bonds. The SMILES string of the molecule is COc1ccc([C@@H]2[C@H](CC[C@H](O)c3ccc(F)cc3)SC(=S)N2c2ccccc2)c(O)c1. The number of phenolic OH excluding ortho intramolecular Hbond substituents is 1. The summed E-state index contributed by atoms with van der Waals surface area (Å²) in [7, 11) is 1.56. The van der Waals surface area contributed by atoms with E-state index in [0.29, 0.717) is 24.2 Å². The van der Waals surface area contributed by atoms with Crippen LogP contribution in [0.15, 0.2) is 72.8 Å². The number of benzene rings is 3. The second-order valence-corrected chi connectivity index (χ2v) is 9.52. The van der Waals surface area contributed by atoms with Gasteiger partial charge >= 0.3 is 0 Å². The number of aliphatic hydroxyl groups excluding tert-OH is 1. The van der Waals surface area contributed by atoms with E-state index in [2.05, 4.69) is 4.90 Å². The van der Waals surface area contributed by atoms with E-state index in [1.54, 1.807) is 37.1 Å². The molecule has 1 fully saturated rings. The zero-order valence-electron chi connectivity index (χ0n) is 17.5. The van der Waals surface area contributed by atoms with Crippen molar-refractivity contribution in [2.75, 3.05) is 12.0 Å². The number of aromatic hydroxyl groups is 1. The van der Waals surface area contributed by atoms with Crippen molar-refractivity contribution in [1.29, 1.82) is 0 Å². The van der Waals surface area contributed by atoms with Crippen molar-refractivity contribution < 1.29 is 19.3 Å². The van der Waals surface area contributed by atoms with E-state index in [9.17, 15) is 14.6 Å². The largest absolute Gasteiger partial charge is 0.507 e. The number of hydrogen-bond acceptors (Lipinski definition) is 5. The number of thioether (sulfide) groups is 1. The third-order valence-corrected chi connectivity index (χ3v) is 7.33. The first-order valence-electron chi connectivity index (χ1n) is 10.3. The van der Waals surface area contributed by atoms with Gasteiger partial charge in [0.1, 0.15) is 21.6 Å². The molecule has 3 atom stereocenters. The summed E-state index contributed by atoms with van der Waals surface area (Å²) in [5, 5.41) is 21.5. The fraction of sp³-hybridized carbons (Fsp3) is 0.240. The van der Waals surface area contributed by atoms with Gasteiger partial charge in [-0.15, -0.1) is 0 Å². The summed E-state index contributed by atoms with van der Waals surface area (Å²) in [5.74, 6) is 0.393. The third-order valence-electron chi connectivity index (χ3n) is 5.65. The number of halogens is 1. The molecule has 1 saturated heterocycles. The Kier molecular flexibility index (Phi) is 6.98. The molecule has 7 heteroatoms. The molecule has 2 N–H and O–H groups in total. The standard InChI is InChI=1S/C25H24FNO3S2/c1-30-19-11-12-20(22(29)15-19)24-23(14-13-21(28)16-7-9-17(26)10-8-16)32-25(31)27(24)18-5-3-2-4-6-18/h2-12,15,21,23-24,28-29H,13-14H2,1H3/t21-,23-,24+/m0/s1. The van der Waals surface area contributed by atoms with Gasteiger partial charge in [0, 0.05) is 22.6 Å². The molecule has 4 rings (SSSR count). The quantitative estimate of drug-likeness (QED) is 0.414. The van der Waals surface area contributed by atoms with Crippen LogP contribution in [0.3, 0.4) is 0 Å². The van der Waals surface area contributed by atoms with Gasteiger partial charge < -0.3 is 19.8 Å². The zero-order valence-corrected chi connectivity index (χ0v) is 19.2. The van der Waals surface area contributed by atoms with E-state index >= 15 is 0 Å². The van der Waals surface area contributed by atoms with Gasteiger partial charge in [0.25, 0.3) is 0 Å². The highest BCUT2D eigenvalue weighted by Crippen LogP contribution is 2.49. The molecule has 166 valence electrons. The Bertz CT molecular complexity index is 1080. The lowest BCUT2D eigenvalue weighted by Crippen LogP contribution is -2.29. The van der Waals surface area contributed by atoms with Crippen LogP contribution in [0.25, 0.3) is 0 Å². The number of hydrogen-bond donors (Lipinski definition) is 2. The van der Waals surface area contributed by atoms with Gasteiger partial charge in [0.15, 0.2) is 0 Å². The number of aliphatic hydroxyl groups is 1. The van der Waals surface area contributed by atoms with Crippen LogP contribution in [-0.2, 0) is 0 Å². The average Bonchev–Trinajstić information content (AvgIpc) is 3.14. The first-order chi connectivity index (χ1) is 15.5. The van der Waals surface area contributed by atoms with Gasteiger partial charge in [0.05, 0.1) is 19.3 Å². The Labute approximate surface area is 196 Å². The Morgan fingerprint density at radius 3 is 2.47 bits per heavy atom. The monoisotopic (exact) mass is 469 g/mol. The lowest BCUT2D eigenvalue weighted by atomic mass is 9.95. The number of nitrogens with zero attached hydrogens (tertiary/aromatic N) is 1. The average molecular weight is 470 g/mol. The van der Waals surface area contributed by atoms with Crippen LogP contribution in [0, 0.1) is 5.82 Å². The van der Waals surface area contributed by atoms with Gasteiger partial charge in [-0.25, -0.2) is 4.39 Å². The summed E-state index contributed by atoms with van der Waals surface area (Å²) < 4.78 is 19.2. The molecule has 0 radical (unpaired) electrons. The molecule has 0 spiro atoms. The van der Waals surface area contributed by atoms with Crippen LogP contribution in [0.5, 0.6) is 11.5 Å². The maximum Gasteiger partial charge on any atom is 0.141 e. The second-order valence-electron chi connectivity index (χ2n) is 7.64. The van der Waals surface area contributed by atoms with Gasteiger partial charge in [-0.3, -0.25) is 0 Å². The summed E-state index contributed by atoms with van der Waals surface area (Å²) in [5.41, 5.74) is 2.39. The Hall–Kier alpha value is -2.61. The Morgan fingerprint density at radius 1 is 1.09 bits per heavy atom. The molecule has 0 aromatic heterocycles. The highest BCUT2D eigenvalue weighted by molar-refractivity contribution is 8.24. The van der Waals surface area contributed by atoms with E-state index in [0.717, 1.165) is 15.6 Å². The summed E-state index contributed by atoms with van der Waals surface area (Å²) in [6.07, 6.45) is 0.436. The molecule has 32 heavy (non-hydrogen) atoms. The molecule has 4 nitrogen and oxygen atoms in total. The minimum atomic E-state index is -0.708. The minimum absolute atomic E-state index is 0.0112. The maximum atomic E-state index is 13.2. The van der Waals surface area contributed by atoms with Crippen LogP contribution >= 0.6 is 24.0 Å². The summed E-state index contributed by atoms with van der Waals surface area (Å²) in [6.45, 7) is 0. The minimum Gasteiger partial charge on any atom is -0.507 e. The molecule has 3 aromatic carbocycles. The highest BCUT2D eigenvalue weighted by Gasteiger charge is 2.41. The first-order valence-corrected chi connectivity index (χ1v) is 11.6. The van der Waals surface area contributed by atoms with E-state index in [1.165, 1.54) is 12.1 Å². The number of thiocarbonyl (C=S) groups is 1. The number of para-hydroxylation sites is 1. The van der Waals surface area contributed by atoms with Crippen LogP contribution in [0.4, 0.5) is 10.1 Å². The lowest BCUT2D eigenvalue weighted by molar-refractivity contribution is 0.163. The first kappa shape index (κ1) is 22.6. The highest BCUT2D eigenvalue weighted by atomic mass is 32.2. The number of ether oxygens (including phenoxy) is 1. The molecule has 1 heterocycles. The molecular weight excluding hydrogens is 445 g/mol. The van der Waals surface area contributed by atoms with Crippen molar-refractivity contribution in [3.63, 3.8) is 0 Å². The van der Waals surface area contributed by atoms with Gasteiger partial charge in [-0.2, -0.15) is 0 Å². The van der Waals surface area contributed by atoms with Crippen LogP contribution in [-0.4, -0.2) is 26.9 Å². The Morgan fingerprint density at radius 2 is 1.81 bits per heavy atom. The van der Waals surface area contributed by atoms with Gasteiger partial charge in [-0.05, 0) is 54.8 Å². The van der Waals surface area contributed by atoms with Crippen molar-refractivity contribution in [3.8, 4) is 11.5 Å². The smallest absolute Gasteiger partial charge is 0.141 e. The maximum absolute atomic E-state index is 13.2. The van der Waals surface area contributed by atoms with E-state index in [4.69, 9.17) is 17.0 Å². The molecule has 0 saturated carbocycles. The second kappa shape index (κ2) is 9.90. The molecule has 0 bridgehead atoms. The number of methoxy groups -OCH3 is 1. The van der Waals surface area contributed by atoms with Crippen molar-refractivity contribution in [2.45, 2.75) is 30.2 Å². The predicted octanol–water partition coefficient (Wildman–Crippen LogP) is 6.00. The molecule has 3 aromatic rings. The number of phenols is 1. The molecule has 1 aliphatic heterocycles. The lowest BCUT2D eigenvalue weighted by Gasteiger charge is -2.30. The van der Waals surface area contributed by atoms with Gasteiger partial charge in [0.2, 0.25) is 0 Å². The number of anilines is 1. The van der Waals surface area contributed by atoms with Gasteiger partial charge in [-0.1, -0.05) is 54.3 Å². The van der Waals surface area contributed by atoms with Crippen molar-refractivity contribution >= 4 is 34.0 Å². The van der Waals surface area contributed by atoms with E-state index < -0.39 is 6.10 Å². The summed E-state index contributed by atoms with van der Waals surface area (Å²) >= 11 is 7.31. The molecular formula is C25H24FNO3S2. The topological polar surface area (TPSA) is 52.9 Å².